The van der Waals surface area contributed by atoms with Crippen LogP contribution in [-0.2, 0) is 11.3 Å². The topological polar surface area (TPSA) is 64.3 Å². The van der Waals surface area contributed by atoms with Gasteiger partial charge in [-0.2, -0.15) is 0 Å². The van der Waals surface area contributed by atoms with Crippen molar-refractivity contribution in [3.63, 3.8) is 0 Å². The minimum atomic E-state index is -0.0732. The lowest BCUT2D eigenvalue weighted by Crippen LogP contribution is -2.38. The number of carbonyl (C=O) groups is 1. The number of hydrogen-bond donors (Lipinski definition) is 2. The van der Waals surface area contributed by atoms with E-state index in [-0.39, 0.29) is 12.5 Å². The van der Waals surface area contributed by atoms with E-state index in [1.54, 1.807) is 12.1 Å². The monoisotopic (exact) mass is 296 g/mol. The molecule has 4 nitrogen and oxygen atoms in total. The van der Waals surface area contributed by atoms with Gasteiger partial charge in [0.15, 0.2) is 6.61 Å². The van der Waals surface area contributed by atoms with Crippen LogP contribution in [0, 0.1) is 0 Å². The second-order valence-electron chi connectivity index (χ2n) is 5.15. The maximum absolute atomic E-state index is 11.8. The molecule has 0 spiro atoms. The van der Waals surface area contributed by atoms with E-state index in [4.69, 9.17) is 22.1 Å². The van der Waals surface area contributed by atoms with Gasteiger partial charge in [0.25, 0.3) is 5.91 Å². The van der Waals surface area contributed by atoms with Gasteiger partial charge in [-0.15, -0.1) is 0 Å². The van der Waals surface area contributed by atoms with Crippen LogP contribution in [0.2, 0.25) is 5.02 Å². The summed E-state index contributed by atoms with van der Waals surface area (Å²) >= 11 is 6.04. The van der Waals surface area contributed by atoms with Crippen LogP contribution < -0.4 is 15.8 Å². The van der Waals surface area contributed by atoms with E-state index in [1.807, 2.05) is 6.07 Å². The number of ether oxygens (including phenoxy) is 1. The summed E-state index contributed by atoms with van der Waals surface area (Å²) < 4.78 is 5.45. The molecule has 1 saturated carbocycles. The van der Waals surface area contributed by atoms with Gasteiger partial charge < -0.3 is 15.8 Å². The molecular formula is C15H21ClN2O2. The Morgan fingerprint density at radius 3 is 2.75 bits per heavy atom. The highest BCUT2D eigenvalue weighted by atomic mass is 35.5. The number of benzene rings is 1. The van der Waals surface area contributed by atoms with Crippen LogP contribution in [0.1, 0.15) is 37.7 Å². The lowest BCUT2D eigenvalue weighted by Gasteiger charge is -2.22. The predicted octanol–water partition coefficient (Wildman–Crippen LogP) is 2.63. The van der Waals surface area contributed by atoms with Crippen LogP contribution in [0.4, 0.5) is 0 Å². The minimum Gasteiger partial charge on any atom is -0.484 e. The van der Waals surface area contributed by atoms with Crippen LogP contribution in [0.25, 0.3) is 0 Å². The van der Waals surface area contributed by atoms with Crippen molar-refractivity contribution >= 4 is 17.5 Å². The predicted molar refractivity (Wildman–Crippen MR) is 79.9 cm³/mol. The first-order valence-corrected chi connectivity index (χ1v) is 7.47. The van der Waals surface area contributed by atoms with Crippen molar-refractivity contribution in [1.29, 1.82) is 0 Å². The minimum absolute atomic E-state index is 0.0226. The molecule has 20 heavy (non-hydrogen) atoms. The first-order valence-electron chi connectivity index (χ1n) is 7.09. The summed E-state index contributed by atoms with van der Waals surface area (Å²) in [6, 6.07) is 5.60. The lowest BCUT2D eigenvalue weighted by atomic mass is 9.95. The molecule has 0 aromatic heterocycles. The Morgan fingerprint density at radius 2 is 2.10 bits per heavy atom. The number of nitrogens with two attached hydrogens (primary N) is 1. The van der Waals surface area contributed by atoms with Crippen LogP contribution in [-0.4, -0.2) is 18.6 Å². The molecule has 3 N–H and O–H groups in total. The number of rotatable bonds is 5. The van der Waals surface area contributed by atoms with Gasteiger partial charge in [0.1, 0.15) is 5.75 Å². The highest BCUT2D eigenvalue weighted by Gasteiger charge is 2.15. The van der Waals surface area contributed by atoms with Crippen molar-refractivity contribution in [3.05, 3.63) is 28.8 Å². The van der Waals surface area contributed by atoms with E-state index in [2.05, 4.69) is 5.32 Å². The summed E-state index contributed by atoms with van der Waals surface area (Å²) in [5, 5.41) is 3.58. The summed E-state index contributed by atoms with van der Waals surface area (Å²) in [5.41, 5.74) is 6.40. The molecular weight excluding hydrogens is 276 g/mol. The molecule has 5 heteroatoms. The molecule has 2 rings (SSSR count). The van der Waals surface area contributed by atoms with E-state index in [0.29, 0.717) is 23.4 Å². The first kappa shape index (κ1) is 15.1. The van der Waals surface area contributed by atoms with Crippen LogP contribution in [0.3, 0.4) is 0 Å². The molecule has 0 saturated heterocycles. The number of halogens is 1. The van der Waals surface area contributed by atoms with Crippen LogP contribution in [0.5, 0.6) is 5.75 Å². The smallest absolute Gasteiger partial charge is 0.258 e. The Kier molecular flexibility index (Phi) is 5.68. The van der Waals surface area contributed by atoms with Gasteiger partial charge >= 0.3 is 0 Å². The van der Waals surface area contributed by atoms with Crippen molar-refractivity contribution in [2.75, 3.05) is 6.61 Å². The molecule has 0 aliphatic heterocycles. The lowest BCUT2D eigenvalue weighted by molar-refractivity contribution is -0.124. The SMILES string of the molecule is NCc1ccc(OCC(=O)NC2CCCCC2)cc1Cl. The van der Waals surface area contributed by atoms with Gasteiger partial charge in [-0.25, -0.2) is 0 Å². The summed E-state index contributed by atoms with van der Waals surface area (Å²) in [5.74, 6) is 0.516. The van der Waals surface area contributed by atoms with Gasteiger partial charge in [0, 0.05) is 17.6 Å². The summed E-state index contributed by atoms with van der Waals surface area (Å²) in [6.07, 6.45) is 5.81. The molecule has 1 aromatic carbocycles. The Hall–Kier alpha value is -1.26. The van der Waals surface area contributed by atoms with Crippen molar-refractivity contribution in [2.45, 2.75) is 44.7 Å². The molecule has 0 atom stereocenters. The van der Waals surface area contributed by atoms with Gasteiger partial charge in [-0.05, 0) is 30.5 Å². The Labute approximate surface area is 124 Å². The second kappa shape index (κ2) is 7.50. The zero-order valence-corrected chi connectivity index (χ0v) is 12.3. The fraction of sp³-hybridized carbons (Fsp3) is 0.533. The fourth-order valence-electron chi connectivity index (χ4n) is 2.45. The number of carbonyl (C=O) groups excluding carboxylic acids is 1. The van der Waals surface area contributed by atoms with Gasteiger partial charge in [-0.1, -0.05) is 36.9 Å². The Morgan fingerprint density at radius 1 is 1.35 bits per heavy atom. The number of amides is 1. The Bertz CT molecular complexity index is 459. The van der Waals surface area contributed by atoms with Crippen LogP contribution in [0.15, 0.2) is 18.2 Å². The van der Waals surface area contributed by atoms with Gasteiger partial charge in [0.05, 0.1) is 0 Å². The van der Waals surface area contributed by atoms with E-state index < -0.39 is 0 Å². The summed E-state index contributed by atoms with van der Waals surface area (Å²) in [4.78, 5) is 11.8. The molecule has 1 amide bonds. The van der Waals surface area contributed by atoms with E-state index >= 15 is 0 Å². The maximum Gasteiger partial charge on any atom is 0.258 e. The summed E-state index contributed by atoms with van der Waals surface area (Å²) in [7, 11) is 0. The van der Waals surface area contributed by atoms with Crippen molar-refractivity contribution in [3.8, 4) is 5.75 Å². The largest absolute Gasteiger partial charge is 0.484 e. The zero-order chi connectivity index (χ0) is 14.4. The summed E-state index contributed by atoms with van der Waals surface area (Å²) in [6.45, 7) is 0.413. The van der Waals surface area contributed by atoms with E-state index in [0.717, 1.165) is 18.4 Å². The maximum atomic E-state index is 11.8. The molecule has 1 fully saturated rings. The zero-order valence-electron chi connectivity index (χ0n) is 11.5. The average molecular weight is 297 g/mol. The highest BCUT2D eigenvalue weighted by molar-refractivity contribution is 6.31. The normalized spacial score (nSPS) is 15.9. The molecule has 1 aliphatic carbocycles. The third-order valence-corrected chi connectivity index (χ3v) is 3.94. The quantitative estimate of drug-likeness (QED) is 0.878. The molecule has 0 heterocycles. The molecule has 0 bridgehead atoms. The molecule has 0 unspecified atom stereocenters. The third kappa shape index (κ3) is 4.39. The molecule has 110 valence electrons. The third-order valence-electron chi connectivity index (χ3n) is 3.58. The van der Waals surface area contributed by atoms with Crippen molar-refractivity contribution in [1.82, 2.24) is 5.32 Å². The molecule has 1 aromatic rings. The van der Waals surface area contributed by atoms with Crippen molar-refractivity contribution in [2.24, 2.45) is 5.73 Å². The first-order chi connectivity index (χ1) is 9.69. The molecule has 1 aliphatic rings. The number of nitrogens with one attached hydrogen (secondary N) is 1. The average Bonchev–Trinajstić information content (AvgIpc) is 2.46. The second-order valence-corrected chi connectivity index (χ2v) is 5.56. The van der Waals surface area contributed by atoms with Gasteiger partial charge in [-0.3, -0.25) is 4.79 Å². The fourth-order valence-corrected chi connectivity index (χ4v) is 2.70. The van der Waals surface area contributed by atoms with E-state index in [9.17, 15) is 4.79 Å². The van der Waals surface area contributed by atoms with Crippen LogP contribution >= 0.6 is 11.6 Å². The van der Waals surface area contributed by atoms with Crippen molar-refractivity contribution < 1.29 is 9.53 Å². The highest BCUT2D eigenvalue weighted by Crippen LogP contribution is 2.22. The van der Waals surface area contributed by atoms with E-state index in [1.165, 1.54) is 19.3 Å². The standard InChI is InChI=1S/C15H21ClN2O2/c16-14-8-13(7-6-11(14)9-17)20-10-15(19)18-12-4-2-1-3-5-12/h6-8,12H,1-5,9-10,17H2,(H,18,19). The van der Waals surface area contributed by atoms with Gasteiger partial charge in [0.2, 0.25) is 0 Å². The Balaban J connectivity index is 1.79. The number of hydrogen-bond acceptors (Lipinski definition) is 3. The molecule has 0 radical (unpaired) electrons.